The Labute approximate surface area is 90.5 Å². The summed E-state index contributed by atoms with van der Waals surface area (Å²) in [4.78, 5) is 0.809. The summed E-state index contributed by atoms with van der Waals surface area (Å²) in [6.07, 6.45) is -4.95. The number of rotatable bonds is 3. The summed E-state index contributed by atoms with van der Waals surface area (Å²) in [5.74, 6) is 0. The van der Waals surface area contributed by atoms with E-state index in [0.29, 0.717) is 0 Å². The third kappa shape index (κ3) is 4.83. The second-order valence-corrected chi connectivity index (χ2v) is 3.76. The third-order valence-corrected chi connectivity index (χ3v) is 2.65. The molecule has 1 aromatic rings. The normalized spacial score (nSPS) is 13.4. The fraction of sp³-hybridized carbons (Fsp3) is 0.500. The first kappa shape index (κ1) is 13.7. The predicted molar refractivity (Wildman–Crippen MR) is 53.8 cm³/mol. The van der Waals surface area contributed by atoms with E-state index < -0.39 is 18.6 Å². The lowest BCUT2D eigenvalue weighted by atomic mass is 10.1. The van der Waals surface area contributed by atoms with Gasteiger partial charge in [0.15, 0.2) is 0 Å². The van der Waals surface area contributed by atoms with Gasteiger partial charge in [0, 0.05) is 17.3 Å². The van der Waals surface area contributed by atoms with Gasteiger partial charge in [0.1, 0.15) is 0 Å². The van der Waals surface area contributed by atoms with Gasteiger partial charge in [0.2, 0.25) is 0 Å². The molecule has 1 atom stereocenters. The first-order valence-corrected chi connectivity index (χ1v) is 4.73. The summed E-state index contributed by atoms with van der Waals surface area (Å²) in [5.41, 5.74) is 5.56. The van der Waals surface area contributed by atoms with E-state index in [1.165, 1.54) is 11.3 Å². The number of hydrogen-bond donors (Lipinski definition) is 1. The number of alkyl halides is 3. The Hall–Kier alpha value is -0.260. The Morgan fingerprint density at radius 3 is 2.50 bits per heavy atom. The zero-order valence-electron chi connectivity index (χ0n) is 7.25. The Morgan fingerprint density at radius 1 is 1.43 bits per heavy atom. The highest BCUT2D eigenvalue weighted by atomic mass is 35.5. The van der Waals surface area contributed by atoms with E-state index in [2.05, 4.69) is 0 Å². The van der Waals surface area contributed by atoms with E-state index in [1.54, 1.807) is 12.1 Å². The van der Waals surface area contributed by atoms with Gasteiger partial charge in [-0.2, -0.15) is 13.2 Å². The van der Waals surface area contributed by atoms with Crippen molar-refractivity contribution >= 4 is 23.7 Å². The molecule has 0 spiro atoms. The van der Waals surface area contributed by atoms with Crippen LogP contribution in [0.4, 0.5) is 13.2 Å². The topological polar surface area (TPSA) is 26.0 Å². The lowest BCUT2D eigenvalue weighted by molar-refractivity contribution is -0.136. The van der Waals surface area contributed by atoms with Crippen molar-refractivity contribution in [3.05, 3.63) is 22.4 Å². The minimum Gasteiger partial charge on any atom is -0.323 e. The van der Waals surface area contributed by atoms with E-state index >= 15 is 0 Å². The molecule has 0 saturated carbocycles. The molecular weight excluding hydrogens is 235 g/mol. The smallest absolute Gasteiger partial charge is 0.323 e. The molecule has 1 nitrogen and oxygen atoms in total. The Bertz CT molecular complexity index is 248. The van der Waals surface area contributed by atoms with Gasteiger partial charge in [-0.05, 0) is 17.9 Å². The molecule has 1 heterocycles. The molecule has 0 amide bonds. The van der Waals surface area contributed by atoms with Gasteiger partial charge in [-0.15, -0.1) is 23.7 Å². The van der Waals surface area contributed by atoms with Crippen molar-refractivity contribution in [2.75, 3.05) is 0 Å². The maximum Gasteiger partial charge on any atom is 0.389 e. The van der Waals surface area contributed by atoms with Gasteiger partial charge in [0.05, 0.1) is 0 Å². The van der Waals surface area contributed by atoms with Gasteiger partial charge in [0.25, 0.3) is 0 Å². The average Bonchev–Trinajstić information content (AvgIpc) is 2.50. The predicted octanol–water partition coefficient (Wildman–Crippen LogP) is 3.51. The van der Waals surface area contributed by atoms with E-state index in [-0.39, 0.29) is 18.8 Å². The molecular formula is C8H11ClF3NS. The van der Waals surface area contributed by atoms with E-state index in [4.69, 9.17) is 5.73 Å². The van der Waals surface area contributed by atoms with Crippen molar-refractivity contribution < 1.29 is 13.2 Å². The summed E-state index contributed by atoms with van der Waals surface area (Å²) in [5, 5.41) is 1.81. The van der Waals surface area contributed by atoms with Crippen LogP contribution in [0.15, 0.2) is 17.5 Å². The van der Waals surface area contributed by atoms with Crippen LogP contribution in [0.25, 0.3) is 0 Å². The van der Waals surface area contributed by atoms with Gasteiger partial charge < -0.3 is 5.73 Å². The molecule has 82 valence electrons. The monoisotopic (exact) mass is 245 g/mol. The Balaban J connectivity index is 0.00000169. The molecule has 14 heavy (non-hydrogen) atoms. The largest absolute Gasteiger partial charge is 0.389 e. The Kier molecular flexibility index (Phi) is 5.48. The zero-order valence-corrected chi connectivity index (χ0v) is 8.88. The van der Waals surface area contributed by atoms with Crippen molar-refractivity contribution in [1.82, 2.24) is 0 Å². The minimum atomic E-state index is -4.10. The highest BCUT2D eigenvalue weighted by Gasteiger charge is 2.27. The number of nitrogens with two attached hydrogens (primary N) is 1. The van der Waals surface area contributed by atoms with Crippen LogP contribution in [0.3, 0.4) is 0 Å². The molecule has 2 N–H and O–H groups in total. The van der Waals surface area contributed by atoms with E-state index in [0.717, 1.165) is 4.88 Å². The molecule has 0 fully saturated rings. The molecule has 0 aliphatic carbocycles. The fourth-order valence-electron chi connectivity index (χ4n) is 0.964. The van der Waals surface area contributed by atoms with Gasteiger partial charge >= 0.3 is 6.18 Å². The highest BCUT2D eigenvalue weighted by Crippen LogP contribution is 2.27. The molecule has 0 aromatic carbocycles. The van der Waals surface area contributed by atoms with Crippen LogP contribution < -0.4 is 5.73 Å². The van der Waals surface area contributed by atoms with Crippen LogP contribution in [0.5, 0.6) is 0 Å². The van der Waals surface area contributed by atoms with Crippen LogP contribution in [-0.2, 0) is 0 Å². The second-order valence-electron chi connectivity index (χ2n) is 2.78. The van der Waals surface area contributed by atoms with Crippen LogP contribution >= 0.6 is 23.7 Å². The second kappa shape index (κ2) is 5.58. The third-order valence-electron chi connectivity index (χ3n) is 1.65. The maximum absolute atomic E-state index is 11.8. The molecule has 0 aliphatic rings. The number of hydrogen-bond acceptors (Lipinski definition) is 2. The SMILES string of the molecule is Cl.N[C@@H](CCC(F)(F)F)c1cccs1. The molecule has 0 bridgehead atoms. The standard InChI is InChI=1S/C8H10F3NS.ClH/c9-8(10,11)4-3-6(12)7-2-1-5-13-7;/h1-2,5-6H,3-4,12H2;1H/t6-;/m0./s1. The average molecular weight is 246 g/mol. The summed E-state index contributed by atoms with van der Waals surface area (Å²) >= 11 is 1.39. The van der Waals surface area contributed by atoms with Crippen molar-refractivity contribution in [3.8, 4) is 0 Å². The summed E-state index contributed by atoms with van der Waals surface area (Å²) < 4.78 is 35.4. The maximum atomic E-state index is 11.8. The van der Waals surface area contributed by atoms with Crippen molar-refractivity contribution in [2.24, 2.45) is 5.73 Å². The molecule has 0 radical (unpaired) electrons. The van der Waals surface area contributed by atoms with Crippen LogP contribution in [0.2, 0.25) is 0 Å². The molecule has 1 aromatic heterocycles. The quantitative estimate of drug-likeness (QED) is 0.867. The van der Waals surface area contributed by atoms with Crippen LogP contribution in [-0.4, -0.2) is 6.18 Å². The van der Waals surface area contributed by atoms with Gasteiger partial charge in [-0.3, -0.25) is 0 Å². The van der Waals surface area contributed by atoms with Crippen molar-refractivity contribution in [2.45, 2.75) is 25.1 Å². The molecule has 0 aliphatic heterocycles. The number of thiophene rings is 1. The van der Waals surface area contributed by atoms with E-state index in [1.807, 2.05) is 5.38 Å². The van der Waals surface area contributed by atoms with Crippen LogP contribution in [0, 0.1) is 0 Å². The Morgan fingerprint density at radius 2 is 2.07 bits per heavy atom. The lowest BCUT2D eigenvalue weighted by Crippen LogP contribution is -2.14. The van der Waals surface area contributed by atoms with Crippen molar-refractivity contribution in [1.29, 1.82) is 0 Å². The van der Waals surface area contributed by atoms with Crippen LogP contribution in [0.1, 0.15) is 23.8 Å². The first-order chi connectivity index (χ1) is 5.99. The lowest BCUT2D eigenvalue weighted by Gasteiger charge is -2.10. The zero-order chi connectivity index (χ0) is 9.90. The van der Waals surface area contributed by atoms with Gasteiger partial charge in [-0.1, -0.05) is 6.07 Å². The molecule has 6 heteroatoms. The fourth-order valence-corrected chi connectivity index (χ4v) is 1.73. The number of halogens is 4. The first-order valence-electron chi connectivity index (χ1n) is 3.85. The highest BCUT2D eigenvalue weighted by molar-refractivity contribution is 7.10. The summed E-state index contributed by atoms with van der Waals surface area (Å²) in [6, 6.07) is 3.06. The minimum absolute atomic E-state index is 0. The summed E-state index contributed by atoms with van der Waals surface area (Å²) in [6.45, 7) is 0. The summed E-state index contributed by atoms with van der Waals surface area (Å²) in [7, 11) is 0. The van der Waals surface area contributed by atoms with Crippen molar-refractivity contribution in [3.63, 3.8) is 0 Å². The molecule has 1 rings (SSSR count). The molecule has 0 saturated heterocycles. The van der Waals surface area contributed by atoms with E-state index in [9.17, 15) is 13.2 Å². The molecule has 0 unspecified atom stereocenters. The van der Waals surface area contributed by atoms with Gasteiger partial charge in [-0.25, -0.2) is 0 Å².